The molecule has 0 aromatic carbocycles. The molecule has 0 amide bonds. The highest BCUT2D eigenvalue weighted by molar-refractivity contribution is 5.63. The first-order chi connectivity index (χ1) is 8.16. The van der Waals surface area contributed by atoms with E-state index in [1.165, 1.54) is 25.7 Å². The van der Waals surface area contributed by atoms with Gasteiger partial charge in [-0.15, -0.1) is 0 Å². The minimum absolute atomic E-state index is 0.146. The van der Waals surface area contributed by atoms with Crippen LogP contribution in [0.15, 0.2) is 0 Å². The summed E-state index contributed by atoms with van der Waals surface area (Å²) in [4.78, 5) is 10.2. The average molecular weight is 243 g/mol. The molecule has 1 atom stereocenters. The van der Waals surface area contributed by atoms with Gasteiger partial charge in [0.25, 0.3) is 0 Å². The molecule has 17 heavy (non-hydrogen) atoms. The van der Waals surface area contributed by atoms with Crippen molar-refractivity contribution in [3.05, 3.63) is 0 Å². The van der Waals surface area contributed by atoms with Crippen LogP contribution in [0.25, 0.3) is 0 Å². The van der Waals surface area contributed by atoms with E-state index >= 15 is 0 Å². The zero-order valence-corrected chi connectivity index (χ0v) is 11.1. The molecule has 102 valence electrons. The summed E-state index contributed by atoms with van der Waals surface area (Å²) in [6.45, 7) is 2.20. The van der Waals surface area contributed by atoms with Gasteiger partial charge in [-0.05, 0) is 25.7 Å². The van der Waals surface area contributed by atoms with Gasteiger partial charge in [-0.2, -0.15) is 0 Å². The second-order valence-electron chi connectivity index (χ2n) is 4.83. The molecule has 1 unspecified atom stereocenters. The van der Waals surface area contributed by atoms with Crippen molar-refractivity contribution in [2.24, 2.45) is 0 Å². The first-order valence-electron chi connectivity index (χ1n) is 7.04. The van der Waals surface area contributed by atoms with Gasteiger partial charge < -0.3 is 15.0 Å². The van der Waals surface area contributed by atoms with Gasteiger partial charge in [-0.3, -0.25) is 0 Å². The molecule has 0 spiro atoms. The fourth-order valence-corrected chi connectivity index (χ4v) is 1.95. The predicted octanol–water partition coefficient (Wildman–Crippen LogP) is 2.41. The van der Waals surface area contributed by atoms with Gasteiger partial charge in [0.1, 0.15) is 0 Å². The quantitative estimate of drug-likeness (QED) is 0.535. The van der Waals surface area contributed by atoms with E-state index in [4.69, 9.17) is 0 Å². The number of aliphatic hydroxyl groups is 1. The van der Waals surface area contributed by atoms with Gasteiger partial charge >= 0.3 is 0 Å². The monoisotopic (exact) mass is 243 g/mol. The number of carbonyl (C=O) groups excluding carboxylic acids is 1. The predicted molar refractivity (Wildman–Crippen MR) is 67.5 cm³/mol. The summed E-state index contributed by atoms with van der Waals surface area (Å²) in [6.07, 6.45) is 10.3. The smallest absolute Gasteiger partial charge is 0.0540 e. The van der Waals surface area contributed by atoms with Crippen LogP contribution in [0.2, 0.25) is 0 Å². The highest BCUT2D eigenvalue weighted by Crippen LogP contribution is 2.12. The van der Waals surface area contributed by atoms with Crippen LogP contribution in [0.3, 0.4) is 0 Å². The maximum Gasteiger partial charge on any atom is 0.0540 e. The zero-order valence-electron chi connectivity index (χ0n) is 11.1. The third kappa shape index (κ3) is 13.4. The lowest BCUT2D eigenvalue weighted by Crippen LogP contribution is -2.21. The number of aliphatic hydroxyl groups excluding tert-OH is 1. The lowest BCUT2D eigenvalue weighted by Gasteiger charge is -2.10. The third-order valence-corrected chi connectivity index (χ3v) is 3.06. The maximum atomic E-state index is 10.2. The molecule has 0 aliphatic heterocycles. The van der Waals surface area contributed by atoms with Gasteiger partial charge in [0.15, 0.2) is 0 Å². The van der Waals surface area contributed by atoms with E-state index in [2.05, 4.69) is 6.92 Å². The highest BCUT2D eigenvalue weighted by Gasteiger charge is 2.03. The van der Waals surface area contributed by atoms with Crippen LogP contribution in [0.1, 0.15) is 77.6 Å². The molecule has 0 bridgehead atoms. The number of carbonyl (C=O) groups is 1. The van der Waals surface area contributed by atoms with Crippen molar-refractivity contribution in [3.8, 4) is 0 Å². The van der Waals surface area contributed by atoms with Gasteiger partial charge in [-0.1, -0.05) is 51.9 Å². The van der Waals surface area contributed by atoms with Gasteiger partial charge in [0.05, 0.1) is 6.10 Å². The van der Waals surface area contributed by atoms with E-state index in [0.29, 0.717) is 6.42 Å². The van der Waals surface area contributed by atoms with Gasteiger partial charge in [0, 0.05) is 5.97 Å². The van der Waals surface area contributed by atoms with Crippen LogP contribution in [-0.4, -0.2) is 17.2 Å². The Kier molecular flexibility index (Phi) is 11.5. The van der Waals surface area contributed by atoms with Crippen molar-refractivity contribution >= 4 is 5.97 Å². The molecule has 3 heteroatoms. The van der Waals surface area contributed by atoms with Crippen LogP contribution in [0.4, 0.5) is 0 Å². The van der Waals surface area contributed by atoms with Crippen molar-refractivity contribution in [2.75, 3.05) is 0 Å². The topological polar surface area (TPSA) is 60.4 Å². The first-order valence-corrected chi connectivity index (χ1v) is 7.04. The molecule has 0 aliphatic rings. The Hall–Kier alpha value is -0.570. The van der Waals surface area contributed by atoms with E-state index in [1.54, 1.807) is 0 Å². The molecule has 0 aromatic rings. The van der Waals surface area contributed by atoms with Crippen LogP contribution in [-0.2, 0) is 4.79 Å². The molecule has 0 radical (unpaired) electrons. The van der Waals surface area contributed by atoms with Crippen LogP contribution >= 0.6 is 0 Å². The highest BCUT2D eigenvalue weighted by atomic mass is 16.4. The van der Waals surface area contributed by atoms with Crippen molar-refractivity contribution < 1.29 is 15.0 Å². The minimum Gasteiger partial charge on any atom is -0.550 e. The summed E-state index contributed by atoms with van der Waals surface area (Å²) < 4.78 is 0. The molecular weight excluding hydrogens is 216 g/mol. The number of carboxylic acids is 1. The minimum atomic E-state index is -0.971. The number of hydrogen-bond donors (Lipinski definition) is 1. The number of rotatable bonds is 12. The van der Waals surface area contributed by atoms with E-state index in [-0.39, 0.29) is 12.5 Å². The molecule has 0 rings (SSSR count). The second-order valence-corrected chi connectivity index (χ2v) is 4.83. The Bertz CT molecular complexity index is 180. The standard InChI is InChI=1S/C14H28O3/c1-2-3-4-5-7-10-13(15)11-8-6-9-12-14(16)17/h13,15H,2-12H2,1H3,(H,16,17)/p-1. The number of hydrogen-bond acceptors (Lipinski definition) is 3. The molecular formula is C14H27O3-. The molecule has 0 aromatic heterocycles. The molecule has 0 saturated heterocycles. The van der Waals surface area contributed by atoms with Crippen molar-refractivity contribution in [1.29, 1.82) is 0 Å². The van der Waals surface area contributed by atoms with Gasteiger partial charge in [-0.25, -0.2) is 0 Å². The Morgan fingerprint density at radius 3 is 2.06 bits per heavy atom. The molecule has 0 fully saturated rings. The van der Waals surface area contributed by atoms with Crippen molar-refractivity contribution in [2.45, 2.75) is 83.7 Å². The summed E-state index contributed by atoms with van der Waals surface area (Å²) >= 11 is 0. The Morgan fingerprint density at radius 2 is 1.53 bits per heavy atom. The number of unbranched alkanes of at least 4 members (excludes halogenated alkanes) is 6. The Morgan fingerprint density at radius 1 is 1.00 bits per heavy atom. The summed E-state index contributed by atoms with van der Waals surface area (Å²) in [5, 5.41) is 19.8. The van der Waals surface area contributed by atoms with Crippen LogP contribution in [0.5, 0.6) is 0 Å². The molecule has 1 N–H and O–H groups in total. The fraction of sp³-hybridized carbons (Fsp3) is 0.929. The lowest BCUT2D eigenvalue weighted by atomic mass is 10.0. The van der Waals surface area contributed by atoms with Gasteiger partial charge in [0.2, 0.25) is 0 Å². The molecule has 0 saturated carbocycles. The van der Waals surface area contributed by atoms with Crippen molar-refractivity contribution in [1.82, 2.24) is 0 Å². The summed E-state index contributed by atoms with van der Waals surface area (Å²) in [7, 11) is 0. The number of aliphatic carboxylic acids is 1. The molecule has 0 heterocycles. The van der Waals surface area contributed by atoms with E-state index in [1.807, 2.05) is 0 Å². The largest absolute Gasteiger partial charge is 0.550 e. The fourth-order valence-electron chi connectivity index (χ4n) is 1.95. The SMILES string of the molecule is CCCCCCCC(O)CCCCCC(=O)[O-]. The Labute approximate surface area is 105 Å². The summed E-state index contributed by atoms with van der Waals surface area (Å²) in [5.74, 6) is -0.971. The van der Waals surface area contributed by atoms with E-state index in [9.17, 15) is 15.0 Å². The lowest BCUT2D eigenvalue weighted by molar-refractivity contribution is -0.305. The first kappa shape index (κ1) is 16.4. The molecule has 0 aliphatic carbocycles. The molecule has 3 nitrogen and oxygen atoms in total. The third-order valence-electron chi connectivity index (χ3n) is 3.06. The van der Waals surface area contributed by atoms with E-state index in [0.717, 1.165) is 32.1 Å². The summed E-state index contributed by atoms with van der Waals surface area (Å²) in [5.41, 5.74) is 0. The van der Waals surface area contributed by atoms with Crippen LogP contribution in [0, 0.1) is 0 Å². The average Bonchev–Trinajstić information content (AvgIpc) is 2.28. The second kappa shape index (κ2) is 11.9. The normalized spacial score (nSPS) is 12.6. The number of carboxylic acid groups (broad SMARTS) is 1. The maximum absolute atomic E-state index is 10.2. The Balaban J connectivity index is 3.17. The zero-order chi connectivity index (χ0) is 12.9. The van der Waals surface area contributed by atoms with E-state index < -0.39 is 5.97 Å². The summed E-state index contributed by atoms with van der Waals surface area (Å²) in [6, 6.07) is 0. The van der Waals surface area contributed by atoms with Crippen LogP contribution < -0.4 is 5.11 Å². The van der Waals surface area contributed by atoms with Crippen molar-refractivity contribution in [3.63, 3.8) is 0 Å².